The molecule has 0 aliphatic heterocycles. The maximum absolute atomic E-state index is 12.3. The summed E-state index contributed by atoms with van der Waals surface area (Å²) in [5.41, 5.74) is -0.0601. The van der Waals surface area contributed by atoms with Crippen LogP contribution in [0.3, 0.4) is 0 Å². The van der Waals surface area contributed by atoms with Gasteiger partial charge in [-0.05, 0) is 32.0 Å². The van der Waals surface area contributed by atoms with Crippen LogP contribution >= 0.6 is 0 Å². The fraction of sp³-hybridized carbons (Fsp3) is 0.286. The van der Waals surface area contributed by atoms with Crippen LogP contribution in [0.4, 0.5) is 0 Å². The van der Waals surface area contributed by atoms with E-state index < -0.39 is 11.4 Å². The zero-order chi connectivity index (χ0) is 14.0. The molecule has 0 saturated heterocycles. The molecule has 0 fully saturated rings. The number of rotatable bonds is 3. The third-order valence-electron chi connectivity index (χ3n) is 2.75. The van der Waals surface area contributed by atoms with Crippen molar-refractivity contribution >= 4 is 16.9 Å². The summed E-state index contributed by atoms with van der Waals surface area (Å²) in [6, 6.07) is 4.87. The zero-order valence-corrected chi connectivity index (χ0v) is 11.0. The average Bonchev–Trinajstić information content (AvgIpc) is 2.38. The van der Waals surface area contributed by atoms with Gasteiger partial charge in [0.25, 0.3) is 0 Å². The molecule has 19 heavy (non-hydrogen) atoms. The molecule has 2 aromatic rings. The minimum Gasteiger partial charge on any atom is -0.497 e. The smallest absolute Gasteiger partial charge is 0.345 e. The third kappa shape index (κ3) is 2.31. The van der Waals surface area contributed by atoms with E-state index in [1.807, 2.05) is 0 Å². The maximum Gasteiger partial charge on any atom is 0.345 e. The third-order valence-corrected chi connectivity index (χ3v) is 2.75. The monoisotopic (exact) mass is 262 g/mol. The van der Waals surface area contributed by atoms with Crippen LogP contribution in [0, 0.1) is 6.92 Å². The quantitative estimate of drug-likeness (QED) is 0.794. The van der Waals surface area contributed by atoms with Gasteiger partial charge in [-0.1, -0.05) is 0 Å². The Morgan fingerprint density at radius 1 is 1.37 bits per heavy atom. The van der Waals surface area contributed by atoms with Gasteiger partial charge in [0.15, 0.2) is 0 Å². The predicted octanol–water partition coefficient (Wildman–Crippen LogP) is 2.29. The van der Waals surface area contributed by atoms with Crippen molar-refractivity contribution in [3.05, 3.63) is 39.7 Å². The Balaban J connectivity index is 2.72. The number of hydrogen-bond donors (Lipinski definition) is 0. The molecule has 0 spiro atoms. The van der Waals surface area contributed by atoms with Crippen LogP contribution in [0.5, 0.6) is 5.75 Å². The van der Waals surface area contributed by atoms with Crippen LogP contribution < -0.4 is 10.2 Å². The van der Waals surface area contributed by atoms with Gasteiger partial charge >= 0.3 is 5.97 Å². The molecule has 2 rings (SSSR count). The van der Waals surface area contributed by atoms with Crippen LogP contribution in [0.25, 0.3) is 11.0 Å². The van der Waals surface area contributed by atoms with Crippen molar-refractivity contribution in [1.29, 1.82) is 0 Å². The van der Waals surface area contributed by atoms with Crippen LogP contribution in [0.2, 0.25) is 0 Å². The lowest BCUT2D eigenvalue weighted by molar-refractivity contribution is 0.0521. The highest BCUT2D eigenvalue weighted by atomic mass is 16.5. The molecule has 0 atom stereocenters. The molecule has 1 heterocycles. The molecule has 100 valence electrons. The van der Waals surface area contributed by atoms with Gasteiger partial charge in [0, 0.05) is 0 Å². The standard InChI is InChI=1S/C14H14O5/c1-4-18-14(16)12-8(2)19-11-6-5-9(17-3)7-10(11)13(12)15/h5-7H,4H2,1-3H3. The van der Waals surface area contributed by atoms with Crippen molar-refractivity contribution in [3.8, 4) is 5.75 Å². The van der Waals surface area contributed by atoms with Gasteiger partial charge in [-0.3, -0.25) is 4.79 Å². The lowest BCUT2D eigenvalue weighted by atomic mass is 10.1. The van der Waals surface area contributed by atoms with E-state index >= 15 is 0 Å². The zero-order valence-electron chi connectivity index (χ0n) is 11.0. The molecule has 0 radical (unpaired) electrons. The normalized spacial score (nSPS) is 10.5. The van der Waals surface area contributed by atoms with Gasteiger partial charge in [0.1, 0.15) is 22.7 Å². The maximum atomic E-state index is 12.3. The lowest BCUT2D eigenvalue weighted by Crippen LogP contribution is -2.19. The second-order valence-electron chi connectivity index (χ2n) is 3.94. The number of methoxy groups -OCH3 is 1. The largest absolute Gasteiger partial charge is 0.497 e. The van der Waals surface area contributed by atoms with Gasteiger partial charge in [-0.2, -0.15) is 0 Å². The Morgan fingerprint density at radius 3 is 2.74 bits per heavy atom. The number of benzene rings is 1. The fourth-order valence-corrected chi connectivity index (χ4v) is 1.85. The van der Waals surface area contributed by atoms with Crippen molar-refractivity contribution in [2.75, 3.05) is 13.7 Å². The van der Waals surface area contributed by atoms with Gasteiger partial charge < -0.3 is 13.9 Å². The van der Waals surface area contributed by atoms with E-state index in [1.165, 1.54) is 7.11 Å². The van der Waals surface area contributed by atoms with Crippen molar-refractivity contribution in [2.45, 2.75) is 13.8 Å². The number of aryl methyl sites for hydroxylation is 1. The summed E-state index contributed by atoms with van der Waals surface area (Å²) in [7, 11) is 1.50. The predicted molar refractivity (Wildman–Crippen MR) is 69.7 cm³/mol. The van der Waals surface area contributed by atoms with E-state index in [2.05, 4.69) is 0 Å². The number of esters is 1. The Hall–Kier alpha value is -2.30. The van der Waals surface area contributed by atoms with Crippen molar-refractivity contribution in [1.82, 2.24) is 0 Å². The van der Waals surface area contributed by atoms with Crippen molar-refractivity contribution in [3.63, 3.8) is 0 Å². The molecular weight excluding hydrogens is 248 g/mol. The summed E-state index contributed by atoms with van der Waals surface area (Å²) in [6.45, 7) is 3.45. The summed E-state index contributed by atoms with van der Waals surface area (Å²) in [4.78, 5) is 24.1. The topological polar surface area (TPSA) is 65.7 Å². The second kappa shape index (κ2) is 5.14. The number of fused-ring (bicyclic) bond motifs is 1. The Kier molecular flexibility index (Phi) is 3.55. The summed E-state index contributed by atoms with van der Waals surface area (Å²) in [6.07, 6.45) is 0. The fourth-order valence-electron chi connectivity index (χ4n) is 1.85. The molecule has 0 saturated carbocycles. The molecule has 1 aromatic heterocycles. The Labute approximate surface area is 109 Å². The van der Waals surface area contributed by atoms with E-state index in [0.717, 1.165) is 0 Å². The highest BCUT2D eigenvalue weighted by Crippen LogP contribution is 2.20. The number of ether oxygens (including phenoxy) is 2. The van der Waals surface area contributed by atoms with E-state index in [9.17, 15) is 9.59 Å². The number of hydrogen-bond acceptors (Lipinski definition) is 5. The van der Waals surface area contributed by atoms with Crippen LogP contribution in [-0.2, 0) is 4.74 Å². The van der Waals surface area contributed by atoms with Crippen LogP contribution in [0.1, 0.15) is 23.0 Å². The Bertz CT molecular complexity index is 684. The van der Waals surface area contributed by atoms with E-state index in [1.54, 1.807) is 32.0 Å². The summed E-state index contributed by atoms with van der Waals surface area (Å²) in [5.74, 6) is 0.109. The van der Waals surface area contributed by atoms with Crippen LogP contribution in [0.15, 0.2) is 27.4 Å². The average molecular weight is 262 g/mol. The summed E-state index contributed by atoms with van der Waals surface area (Å²) in [5, 5.41) is 0.299. The molecule has 0 bridgehead atoms. The van der Waals surface area contributed by atoms with Gasteiger partial charge in [0.05, 0.1) is 19.1 Å². The first-order valence-electron chi connectivity index (χ1n) is 5.87. The second-order valence-corrected chi connectivity index (χ2v) is 3.94. The minimum absolute atomic E-state index is 0.0670. The van der Waals surface area contributed by atoms with Gasteiger partial charge in [-0.25, -0.2) is 4.79 Å². The first-order valence-corrected chi connectivity index (χ1v) is 5.87. The molecule has 1 aromatic carbocycles. The highest BCUT2D eigenvalue weighted by Gasteiger charge is 2.19. The molecule has 5 nitrogen and oxygen atoms in total. The minimum atomic E-state index is -0.668. The van der Waals surface area contributed by atoms with Gasteiger partial charge in [-0.15, -0.1) is 0 Å². The van der Waals surface area contributed by atoms with Crippen molar-refractivity contribution in [2.24, 2.45) is 0 Å². The van der Waals surface area contributed by atoms with Gasteiger partial charge in [0.2, 0.25) is 5.43 Å². The Morgan fingerprint density at radius 2 is 2.11 bits per heavy atom. The molecule has 0 aliphatic rings. The first kappa shape index (κ1) is 13.1. The molecule has 0 unspecified atom stereocenters. The molecule has 0 N–H and O–H groups in total. The number of carbonyl (C=O) groups is 1. The molecule has 0 amide bonds. The van der Waals surface area contributed by atoms with E-state index in [0.29, 0.717) is 16.7 Å². The molecule has 0 aliphatic carbocycles. The molecule has 5 heteroatoms. The first-order chi connectivity index (χ1) is 9.08. The van der Waals surface area contributed by atoms with E-state index in [-0.39, 0.29) is 17.9 Å². The number of carbonyl (C=O) groups excluding carboxylic acids is 1. The van der Waals surface area contributed by atoms with Crippen molar-refractivity contribution < 1.29 is 18.7 Å². The van der Waals surface area contributed by atoms with E-state index in [4.69, 9.17) is 13.9 Å². The summed E-state index contributed by atoms with van der Waals surface area (Å²) >= 11 is 0. The SMILES string of the molecule is CCOC(=O)c1c(C)oc2ccc(OC)cc2c1=O. The summed E-state index contributed by atoms with van der Waals surface area (Å²) < 4.78 is 15.4. The lowest BCUT2D eigenvalue weighted by Gasteiger charge is -2.07. The van der Waals surface area contributed by atoms with Crippen LogP contribution in [-0.4, -0.2) is 19.7 Å². The molecular formula is C14H14O5. The highest BCUT2D eigenvalue weighted by molar-refractivity contribution is 5.94.